The first kappa shape index (κ1) is 18.1. The van der Waals surface area contributed by atoms with E-state index in [1.807, 2.05) is 37.7 Å². The second-order valence-corrected chi connectivity index (χ2v) is 8.10. The Morgan fingerprint density at radius 3 is 2.96 bits per heavy atom. The molecule has 2 amide bonds. The topological polar surface area (TPSA) is 75.3 Å². The van der Waals surface area contributed by atoms with E-state index in [9.17, 15) is 4.79 Å². The van der Waals surface area contributed by atoms with Crippen molar-refractivity contribution in [1.29, 1.82) is 0 Å². The second kappa shape index (κ2) is 7.38. The Morgan fingerprint density at radius 1 is 1.44 bits per heavy atom. The lowest BCUT2D eigenvalue weighted by molar-refractivity contribution is 0.0294. The van der Waals surface area contributed by atoms with Crippen LogP contribution >= 0.6 is 0 Å². The predicted molar refractivity (Wildman–Crippen MR) is 103 cm³/mol. The van der Waals surface area contributed by atoms with Gasteiger partial charge in [-0.2, -0.15) is 5.10 Å². The number of furan rings is 1. The van der Waals surface area contributed by atoms with Gasteiger partial charge in [0.25, 0.3) is 0 Å². The number of piperidine rings is 3. The zero-order valence-electron chi connectivity index (χ0n) is 16.3. The smallest absolute Gasteiger partial charge is 0.315 e. The summed E-state index contributed by atoms with van der Waals surface area (Å²) in [7, 11) is 2.02. The molecule has 0 aliphatic carbocycles. The van der Waals surface area contributed by atoms with Gasteiger partial charge in [-0.1, -0.05) is 0 Å². The highest BCUT2D eigenvalue weighted by Crippen LogP contribution is 2.42. The third-order valence-electron chi connectivity index (χ3n) is 5.87. The van der Waals surface area contributed by atoms with Gasteiger partial charge in [0.2, 0.25) is 0 Å². The normalized spacial score (nSPS) is 27.1. The lowest BCUT2D eigenvalue weighted by Gasteiger charge is -2.49. The maximum Gasteiger partial charge on any atom is 0.315 e. The van der Waals surface area contributed by atoms with Crippen molar-refractivity contribution < 1.29 is 9.21 Å². The van der Waals surface area contributed by atoms with E-state index < -0.39 is 0 Å². The Labute approximate surface area is 160 Å². The summed E-state index contributed by atoms with van der Waals surface area (Å²) < 4.78 is 7.51. The Hall–Kier alpha value is -2.28. The summed E-state index contributed by atoms with van der Waals surface area (Å²) in [5.74, 6) is 1.94. The quantitative estimate of drug-likeness (QED) is 0.847. The lowest BCUT2D eigenvalue weighted by atomic mass is 9.74. The lowest BCUT2D eigenvalue weighted by Crippen LogP contribution is -2.57. The van der Waals surface area contributed by atoms with E-state index in [-0.39, 0.29) is 12.1 Å². The number of fused-ring (bicyclic) bond motifs is 3. The van der Waals surface area contributed by atoms with E-state index in [1.165, 1.54) is 12.1 Å². The molecule has 5 rings (SSSR count). The highest BCUT2D eigenvalue weighted by atomic mass is 16.3. The van der Waals surface area contributed by atoms with Gasteiger partial charge in [-0.15, -0.1) is 0 Å². The highest BCUT2D eigenvalue weighted by molar-refractivity contribution is 5.74. The van der Waals surface area contributed by atoms with E-state index in [4.69, 9.17) is 4.42 Å². The number of aryl methyl sites for hydroxylation is 1. The molecule has 3 fully saturated rings. The first-order chi connectivity index (χ1) is 13.0. The van der Waals surface area contributed by atoms with Gasteiger partial charge in [0.05, 0.1) is 6.26 Å². The second-order valence-electron chi connectivity index (χ2n) is 8.10. The van der Waals surface area contributed by atoms with E-state index in [0.29, 0.717) is 24.4 Å². The number of nitrogens with zero attached hydrogens (tertiary/aromatic N) is 3. The number of carbonyl (C=O) groups excluding carboxylic acids is 1. The third kappa shape index (κ3) is 3.74. The summed E-state index contributed by atoms with van der Waals surface area (Å²) >= 11 is 0. The number of amides is 2. The number of hydrogen-bond acceptors (Lipinski definition) is 4. The van der Waals surface area contributed by atoms with Crippen LogP contribution in [0.1, 0.15) is 38.3 Å². The molecule has 146 valence electrons. The van der Waals surface area contributed by atoms with Crippen molar-refractivity contribution in [2.75, 3.05) is 19.6 Å². The molecule has 27 heavy (non-hydrogen) atoms. The zero-order valence-corrected chi connectivity index (χ0v) is 16.3. The molecule has 0 radical (unpaired) electrons. The fourth-order valence-electron chi connectivity index (χ4n) is 4.58. The van der Waals surface area contributed by atoms with E-state index in [1.54, 1.807) is 6.26 Å². The molecule has 4 atom stereocenters. The van der Waals surface area contributed by atoms with Crippen molar-refractivity contribution in [1.82, 2.24) is 25.3 Å². The number of nitrogens with one attached hydrogen (secondary N) is 2. The summed E-state index contributed by atoms with van der Waals surface area (Å²) in [6.45, 7) is 6.80. The molecule has 3 aliphatic heterocycles. The number of hydrogen-bond donors (Lipinski definition) is 2. The van der Waals surface area contributed by atoms with Crippen LogP contribution in [0, 0.1) is 5.92 Å². The summed E-state index contributed by atoms with van der Waals surface area (Å²) in [6.07, 6.45) is 4.01. The maximum atomic E-state index is 11.9. The molecule has 2 aromatic heterocycles. The van der Waals surface area contributed by atoms with Gasteiger partial charge in [-0.3, -0.25) is 9.58 Å². The predicted octanol–water partition coefficient (Wildman–Crippen LogP) is 2.57. The molecular weight excluding hydrogens is 342 g/mol. The molecule has 5 heterocycles. The van der Waals surface area contributed by atoms with Crippen LogP contribution in [0.2, 0.25) is 0 Å². The molecule has 0 aromatic carbocycles. The van der Waals surface area contributed by atoms with Crippen molar-refractivity contribution >= 4 is 6.03 Å². The molecule has 7 heteroatoms. The van der Waals surface area contributed by atoms with Crippen molar-refractivity contribution in [2.24, 2.45) is 13.0 Å². The first-order valence-corrected chi connectivity index (χ1v) is 9.87. The molecule has 0 spiro atoms. The first-order valence-electron chi connectivity index (χ1n) is 9.87. The summed E-state index contributed by atoms with van der Waals surface area (Å²) in [5.41, 5.74) is 2.18. The van der Waals surface area contributed by atoms with Gasteiger partial charge in [0, 0.05) is 43.8 Å². The highest BCUT2D eigenvalue weighted by Gasteiger charge is 2.41. The van der Waals surface area contributed by atoms with Crippen LogP contribution in [0.15, 0.2) is 28.9 Å². The molecule has 2 N–H and O–H groups in total. The molecule has 3 saturated heterocycles. The van der Waals surface area contributed by atoms with Gasteiger partial charge in [0.1, 0.15) is 5.69 Å². The van der Waals surface area contributed by atoms with Gasteiger partial charge in [0.15, 0.2) is 5.76 Å². The van der Waals surface area contributed by atoms with Gasteiger partial charge < -0.3 is 15.1 Å². The van der Waals surface area contributed by atoms with Crippen molar-refractivity contribution in [3.05, 3.63) is 30.2 Å². The average Bonchev–Trinajstić information content (AvgIpc) is 3.29. The third-order valence-corrected chi connectivity index (χ3v) is 5.87. The average molecular weight is 371 g/mol. The van der Waals surface area contributed by atoms with Gasteiger partial charge in [-0.25, -0.2) is 4.79 Å². The number of aromatic nitrogens is 2. The number of carbonyl (C=O) groups is 1. The Morgan fingerprint density at radius 2 is 2.30 bits per heavy atom. The van der Waals surface area contributed by atoms with Crippen LogP contribution in [0.5, 0.6) is 0 Å². The van der Waals surface area contributed by atoms with Crippen LogP contribution in [0.25, 0.3) is 11.5 Å². The number of urea groups is 1. The summed E-state index contributed by atoms with van der Waals surface area (Å²) in [5, 5.41) is 10.6. The standard InChI is InChI=1S/C20H29N5O2/c1-13(2)22-20(26)21-11-15-9-14-6-7-25(15)12-16(14)18-10-17(23-24(18)3)19-5-4-8-27-19/h4-5,8,10,13-16H,6-7,9,11-12H2,1-3H3,(H2,21,22,26)/t14-,15+,16-/m0/s1. The Balaban J connectivity index is 1.41. The minimum absolute atomic E-state index is 0.0704. The van der Waals surface area contributed by atoms with E-state index in [2.05, 4.69) is 26.7 Å². The van der Waals surface area contributed by atoms with Crippen LogP contribution in [0.3, 0.4) is 0 Å². The summed E-state index contributed by atoms with van der Waals surface area (Å²) in [6, 6.07) is 6.53. The molecule has 2 bridgehead atoms. The molecule has 0 saturated carbocycles. The van der Waals surface area contributed by atoms with Gasteiger partial charge in [-0.05, 0) is 57.4 Å². The van der Waals surface area contributed by atoms with Crippen LogP contribution in [-0.4, -0.2) is 52.4 Å². The fraction of sp³-hybridized carbons (Fsp3) is 0.600. The fourth-order valence-corrected chi connectivity index (χ4v) is 4.58. The van der Waals surface area contributed by atoms with E-state index in [0.717, 1.165) is 31.0 Å². The van der Waals surface area contributed by atoms with Crippen LogP contribution in [0.4, 0.5) is 4.79 Å². The maximum absolute atomic E-state index is 11.9. The largest absolute Gasteiger partial charge is 0.463 e. The van der Waals surface area contributed by atoms with Crippen molar-refractivity contribution in [3.63, 3.8) is 0 Å². The van der Waals surface area contributed by atoms with E-state index >= 15 is 0 Å². The van der Waals surface area contributed by atoms with Crippen molar-refractivity contribution in [2.45, 2.75) is 44.7 Å². The minimum atomic E-state index is -0.0704. The Bertz CT molecular complexity index is 782. The SMILES string of the molecule is CC(C)NC(=O)NC[C@H]1C[C@@H]2CCN1C[C@@H]2c1cc(-c2ccco2)nn1C. The molecule has 1 unspecified atom stereocenters. The van der Waals surface area contributed by atoms with Crippen molar-refractivity contribution in [3.8, 4) is 11.5 Å². The van der Waals surface area contributed by atoms with Crippen LogP contribution in [-0.2, 0) is 7.05 Å². The van der Waals surface area contributed by atoms with Crippen LogP contribution < -0.4 is 10.6 Å². The molecule has 7 nitrogen and oxygen atoms in total. The number of rotatable bonds is 5. The zero-order chi connectivity index (χ0) is 19.0. The minimum Gasteiger partial charge on any atom is -0.463 e. The van der Waals surface area contributed by atoms with Gasteiger partial charge >= 0.3 is 6.03 Å². The monoisotopic (exact) mass is 371 g/mol. The molecular formula is C20H29N5O2. The Kier molecular flexibility index (Phi) is 4.95. The summed E-state index contributed by atoms with van der Waals surface area (Å²) in [4.78, 5) is 14.4. The molecule has 2 aromatic rings. The molecule has 3 aliphatic rings.